The van der Waals surface area contributed by atoms with E-state index < -0.39 is 16.0 Å². The second kappa shape index (κ2) is 8.26. The van der Waals surface area contributed by atoms with E-state index in [1.807, 2.05) is 0 Å². The molecule has 0 bridgehead atoms. The molecule has 0 saturated heterocycles. The van der Waals surface area contributed by atoms with Crippen molar-refractivity contribution in [2.75, 3.05) is 26.0 Å². The van der Waals surface area contributed by atoms with Gasteiger partial charge in [0.2, 0.25) is 10.0 Å². The van der Waals surface area contributed by atoms with E-state index in [0.29, 0.717) is 6.54 Å². The van der Waals surface area contributed by atoms with Crippen LogP contribution in [0.25, 0.3) is 0 Å². The average Bonchev–Trinajstić information content (AvgIpc) is 2.24. The van der Waals surface area contributed by atoms with Gasteiger partial charge in [-0.3, -0.25) is 4.79 Å². The quantitative estimate of drug-likeness (QED) is 0.441. The topological polar surface area (TPSA) is 98.5 Å². The van der Waals surface area contributed by atoms with E-state index in [2.05, 4.69) is 9.46 Å². The van der Waals surface area contributed by atoms with Crippen LogP contribution in [-0.4, -0.2) is 40.3 Å². The number of methoxy groups -OCH3 is 1. The number of nitrogens with two attached hydrogens (primary N) is 1. The van der Waals surface area contributed by atoms with Crippen LogP contribution in [0.3, 0.4) is 0 Å². The summed E-state index contributed by atoms with van der Waals surface area (Å²) >= 11 is 0. The van der Waals surface area contributed by atoms with Gasteiger partial charge in [-0.15, -0.1) is 0 Å². The highest BCUT2D eigenvalue weighted by Crippen LogP contribution is 1.96. The zero-order valence-corrected chi connectivity index (χ0v) is 10.1. The first-order chi connectivity index (χ1) is 7.52. The Bertz CT molecular complexity index is 324. The van der Waals surface area contributed by atoms with Gasteiger partial charge in [-0.1, -0.05) is 12.2 Å². The van der Waals surface area contributed by atoms with E-state index in [-0.39, 0.29) is 25.1 Å². The fraction of sp³-hybridized carbons (Fsp3) is 0.667. The molecule has 6 nitrogen and oxygen atoms in total. The molecule has 0 atom stereocenters. The maximum absolute atomic E-state index is 11.3. The molecule has 0 aliphatic heterocycles. The summed E-state index contributed by atoms with van der Waals surface area (Å²) in [5, 5.41) is 0. The molecule has 0 radical (unpaired) electrons. The van der Waals surface area contributed by atoms with Gasteiger partial charge >= 0.3 is 5.97 Å². The monoisotopic (exact) mass is 250 g/mol. The SMILES string of the molecule is COC(=O)CCCS(=O)(=O)NC/C=C/CN. The number of hydrogen-bond donors (Lipinski definition) is 2. The van der Waals surface area contributed by atoms with Crippen molar-refractivity contribution in [1.82, 2.24) is 4.72 Å². The summed E-state index contributed by atoms with van der Waals surface area (Å²) in [4.78, 5) is 10.7. The van der Waals surface area contributed by atoms with Crippen molar-refractivity contribution in [2.45, 2.75) is 12.8 Å². The molecule has 0 unspecified atom stereocenters. The van der Waals surface area contributed by atoms with Crippen LogP contribution in [0.15, 0.2) is 12.2 Å². The molecule has 0 aromatic heterocycles. The maximum Gasteiger partial charge on any atom is 0.305 e. The van der Waals surface area contributed by atoms with Gasteiger partial charge in [0.25, 0.3) is 0 Å². The first kappa shape index (κ1) is 15.1. The lowest BCUT2D eigenvalue weighted by Gasteiger charge is -2.03. The summed E-state index contributed by atoms with van der Waals surface area (Å²) in [5.41, 5.74) is 5.19. The molecule has 0 saturated carbocycles. The van der Waals surface area contributed by atoms with E-state index in [1.165, 1.54) is 7.11 Å². The van der Waals surface area contributed by atoms with Crippen LogP contribution >= 0.6 is 0 Å². The van der Waals surface area contributed by atoms with Crippen molar-refractivity contribution >= 4 is 16.0 Å². The summed E-state index contributed by atoms with van der Waals surface area (Å²) in [6.45, 7) is 0.599. The largest absolute Gasteiger partial charge is 0.469 e. The van der Waals surface area contributed by atoms with Crippen molar-refractivity contribution in [3.05, 3.63) is 12.2 Å². The minimum Gasteiger partial charge on any atom is -0.469 e. The summed E-state index contributed by atoms with van der Waals surface area (Å²) in [6, 6.07) is 0. The lowest BCUT2D eigenvalue weighted by molar-refractivity contribution is -0.140. The van der Waals surface area contributed by atoms with Crippen LogP contribution in [0.4, 0.5) is 0 Å². The zero-order valence-electron chi connectivity index (χ0n) is 9.31. The lowest BCUT2D eigenvalue weighted by Crippen LogP contribution is -2.26. The fourth-order valence-corrected chi connectivity index (χ4v) is 1.95. The lowest BCUT2D eigenvalue weighted by atomic mass is 10.3. The number of esters is 1. The Labute approximate surface area is 95.9 Å². The Hall–Kier alpha value is -0.920. The molecule has 0 aromatic carbocycles. The Morgan fingerprint density at radius 2 is 2.12 bits per heavy atom. The van der Waals surface area contributed by atoms with Crippen molar-refractivity contribution < 1.29 is 17.9 Å². The molecule has 0 heterocycles. The van der Waals surface area contributed by atoms with Crippen molar-refractivity contribution in [2.24, 2.45) is 5.73 Å². The van der Waals surface area contributed by atoms with E-state index >= 15 is 0 Å². The minimum atomic E-state index is -3.32. The van der Waals surface area contributed by atoms with Gasteiger partial charge in [0, 0.05) is 19.5 Å². The highest BCUT2D eigenvalue weighted by Gasteiger charge is 2.10. The van der Waals surface area contributed by atoms with Crippen molar-refractivity contribution in [3.8, 4) is 0 Å². The smallest absolute Gasteiger partial charge is 0.305 e. The number of rotatable bonds is 8. The average molecular weight is 250 g/mol. The van der Waals surface area contributed by atoms with E-state index in [4.69, 9.17) is 5.73 Å². The third kappa shape index (κ3) is 8.39. The molecule has 0 aromatic rings. The highest BCUT2D eigenvalue weighted by molar-refractivity contribution is 7.89. The standard InChI is InChI=1S/C9H18N2O4S/c1-15-9(12)5-4-8-16(13,14)11-7-3-2-6-10/h2-3,11H,4-8,10H2,1H3/b3-2+. The summed E-state index contributed by atoms with van der Waals surface area (Å²) in [5.74, 6) is -0.489. The van der Waals surface area contributed by atoms with E-state index in [9.17, 15) is 13.2 Å². The molecule has 0 spiro atoms. The Morgan fingerprint density at radius 1 is 1.44 bits per heavy atom. The third-order valence-electron chi connectivity index (χ3n) is 1.75. The van der Waals surface area contributed by atoms with Crippen LogP contribution in [0.5, 0.6) is 0 Å². The van der Waals surface area contributed by atoms with E-state index in [0.717, 1.165) is 0 Å². The van der Waals surface area contributed by atoms with Crippen LogP contribution in [0.2, 0.25) is 0 Å². The molecule has 7 heteroatoms. The number of sulfonamides is 1. The van der Waals surface area contributed by atoms with Gasteiger partial charge in [0.1, 0.15) is 0 Å². The van der Waals surface area contributed by atoms with Crippen LogP contribution in [0.1, 0.15) is 12.8 Å². The zero-order chi connectivity index (χ0) is 12.4. The molecule has 0 aliphatic carbocycles. The molecule has 0 rings (SSSR count). The summed E-state index contributed by atoms with van der Waals surface area (Å²) < 4.78 is 29.4. The van der Waals surface area contributed by atoms with Gasteiger partial charge < -0.3 is 10.5 Å². The molecule has 0 fully saturated rings. The first-order valence-corrected chi connectivity index (χ1v) is 6.56. The molecular weight excluding hydrogens is 232 g/mol. The first-order valence-electron chi connectivity index (χ1n) is 4.91. The van der Waals surface area contributed by atoms with Gasteiger partial charge in [-0.25, -0.2) is 13.1 Å². The number of carbonyl (C=O) groups is 1. The molecule has 0 amide bonds. The number of ether oxygens (including phenoxy) is 1. The Morgan fingerprint density at radius 3 is 2.69 bits per heavy atom. The Kier molecular flexibility index (Phi) is 7.78. The van der Waals surface area contributed by atoms with Gasteiger partial charge in [-0.2, -0.15) is 0 Å². The number of nitrogens with one attached hydrogen (secondary N) is 1. The number of hydrogen-bond acceptors (Lipinski definition) is 5. The second-order valence-corrected chi connectivity index (χ2v) is 4.98. The molecule has 94 valence electrons. The Balaban J connectivity index is 3.79. The highest BCUT2D eigenvalue weighted by atomic mass is 32.2. The third-order valence-corrected chi connectivity index (χ3v) is 3.18. The van der Waals surface area contributed by atoms with Gasteiger partial charge in [-0.05, 0) is 6.42 Å². The van der Waals surface area contributed by atoms with Crippen molar-refractivity contribution in [3.63, 3.8) is 0 Å². The van der Waals surface area contributed by atoms with E-state index in [1.54, 1.807) is 12.2 Å². The minimum absolute atomic E-state index is 0.0848. The second-order valence-electron chi connectivity index (χ2n) is 3.05. The predicted molar refractivity (Wildman–Crippen MR) is 61.2 cm³/mol. The molecule has 3 N–H and O–H groups in total. The van der Waals surface area contributed by atoms with Crippen molar-refractivity contribution in [1.29, 1.82) is 0 Å². The normalized spacial score (nSPS) is 11.9. The molecule has 0 aliphatic rings. The summed E-state index contributed by atoms with van der Waals surface area (Å²) in [6.07, 6.45) is 3.66. The van der Waals surface area contributed by atoms with Gasteiger partial charge in [0.05, 0.1) is 12.9 Å². The number of carbonyl (C=O) groups excluding carboxylic acids is 1. The molecular formula is C9H18N2O4S. The van der Waals surface area contributed by atoms with Crippen LogP contribution in [-0.2, 0) is 19.6 Å². The maximum atomic E-state index is 11.3. The predicted octanol–water partition coefficient (Wildman–Crippen LogP) is -0.626. The van der Waals surface area contributed by atoms with Gasteiger partial charge in [0.15, 0.2) is 0 Å². The fourth-order valence-electron chi connectivity index (χ4n) is 0.935. The summed E-state index contributed by atoms with van der Waals surface area (Å²) in [7, 11) is -2.05. The van der Waals surface area contributed by atoms with Crippen LogP contribution in [0, 0.1) is 0 Å². The van der Waals surface area contributed by atoms with Crippen LogP contribution < -0.4 is 10.5 Å². The molecule has 16 heavy (non-hydrogen) atoms.